The topological polar surface area (TPSA) is 47.3 Å². The van der Waals surface area contributed by atoms with E-state index in [0.29, 0.717) is 15.3 Å². The van der Waals surface area contributed by atoms with Crippen molar-refractivity contribution < 1.29 is 0 Å². The van der Waals surface area contributed by atoms with Crippen LogP contribution in [0, 0.1) is 6.92 Å². The minimum atomic E-state index is -0.125. The van der Waals surface area contributed by atoms with E-state index >= 15 is 0 Å². The first-order valence-corrected chi connectivity index (χ1v) is 9.80. The minimum Gasteiger partial charge on any atom is -0.266 e. The van der Waals surface area contributed by atoms with Gasteiger partial charge in [-0.2, -0.15) is 9.50 Å². The molecule has 0 radical (unpaired) electrons. The Labute approximate surface area is 152 Å². The highest BCUT2D eigenvalue weighted by molar-refractivity contribution is 7.98. The van der Waals surface area contributed by atoms with Crippen LogP contribution in [0.4, 0.5) is 0 Å². The van der Waals surface area contributed by atoms with Crippen LogP contribution in [0.15, 0.2) is 58.2 Å². The van der Waals surface area contributed by atoms with Gasteiger partial charge >= 0.3 is 0 Å². The summed E-state index contributed by atoms with van der Waals surface area (Å²) in [6, 6.07) is 16.1. The summed E-state index contributed by atoms with van der Waals surface area (Å²) in [5.41, 5.74) is 2.94. The molecule has 0 saturated carbocycles. The molecule has 4 aromatic rings. The molecule has 0 spiro atoms. The van der Waals surface area contributed by atoms with E-state index in [1.165, 1.54) is 20.7 Å². The number of aryl methyl sites for hydroxylation is 1. The number of hydrogen-bond acceptors (Lipinski definition) is 5. The maximum atomic E-state index is 12.6. The molecule has 0 saturated heterocycles. The zero-order valence-corrected chi connectivity index (χ0v) is 15.4. The van der Waals surface area contributed by atoms with E-state index in [2.05, 4.69) is 10.1 Å². The second-order valence-electron chi connectivity index (χ2n) is 5.69. The van der Waals surface area contributed by atoms with Crippen molar-refractivity contribution in [1.29, 1.82) is 0 Å². The average molecular weight is 365 g/mol. The molecule has 0 bridgehead atoms. The van der Waals surface area contributed by atoms with Gasteiger partial charge in [-0.05, 0) is 43.0 Å². The van der Waals surface area contributed by atoms with E-state index in [1.54, 1.807) is 11.8 Å². The molecule has 2 aromatic carbocycles. The predicted molar refractivity (Wildman–Crippen MR) is 104 cm³/mol. The molecule has 2 aromatic heterocycles. The maximum Gasteiger partial charge on any atom is 0.291 e. The van der Waals surface area contributed by atoms with Crippen molar-refractivity contribution in [1.82, 2.24) is 14.6 Å². The molecule has 4 rings (SSSR count). The van der Waals surface area contributed by atoms with Gasteiger partial charge in [-0.1, -0.05) is 47.2 Å². The van der Waals surface area contributed by atoms with Crippen molar-refractivity contribution >= 4 is 34.1 Å². The lowest BCUT2D eigenvalue weighted by atomic mass is 10.1. The second-order valence-corrected chi connectivity index (χ2v) is 7.58. The second kappa shape index (κ2) is 6.46. The van der Waals surface area contributed by atoms with Crippen molar-refractivity contribution in [2.45, 2.75) is 11.8 Å². The minimum absolute atomic E-state index is 0.125. The molecule has 4 nitrogen and oxygen atoms in total. The number of benzene rings is 2. The van der Waals surface area contributed by atoms with E-state index in [4.69, 9.17) is 0 Å². The fourth-order valence-corrected chi connectivity index (χ4v) is 3.91. The monoisotopic (exact) mass is 365 g/mol. The van der Waals surface area contributed by atoms with Crippen LogP contribution in [-0.2, 0) is 0 Å². The SMILES string of the molecule is CSc1ccc(/C=c2\sc3nc(-c4cccc(C)c4)nn3c2=O)cc1. The van der Waals surface area contributed by atoms with Gasteiger partial charge in [0, 0.05) is 10.5 Å². The van der Waals surface area contributed by atoms with Gasteiger partial charge in [0.15, 0.2) is 5.82 Å². The molecule has 2 heterocycles. The first-order chi connectivity index (χ1) is 12.1. The molecular formula is C19H15N3OS2. The van der Waals surface area contributed by atoms with Gasteiger partial charge in [0.05, 0.1) is 4.53 Å². The van der Waals surface area contributed by atoms with Crippen LogP contribution in [0.5, 0.6) is 0 Å². The number of thioether (sulfide) groups is 1. The smallest absolute Gasteiger partial charge is 0.266 e. The largest absolute Gasteiger partial charge is 0.291 e. The number of hydrogen-bond donors (Lipinski definition) is 0. The van der Waals surface area contributed by atoms with Crippen LogP contribution in [0.1, 0.15) is 11.1 Å². The average Bonchev–Trinajstić information content (AvgIpc) is 3.16. The number of aromatic nitrogens is 3. The lowest BCUT2D eigenvalue weighted by Gasteiger charge is -1.96. The summed E-state index contributed by atoms with van der Waals surface area (Å²) in [6.45, 7) is 2.02. The first kappa shape index (κ1) is 16.1. The summed E-state index contributed by atoms with van der Waals surface area (Å²) in [4.78, 5) is 18.9. The van der Waals surface area contributed by atoms with Gasteiger partial charge in [-0.3, -0.25) is 4.79 Å². The van der Waals surface area contributed by atoms with Gasteiger partial charge in [-0.15, -0.1) is 16.9 Å². The highest BCUT2D eigenvalue weighted by atomic mass is 32.2. The Hall–Kier alpha value is -2.44. The molecular weight excluding hydrogens is 350 g/mol. The van der Waals surface area contributed by atoms with E-state index < -0.39 is 0 Å². The third-order valence-electron chi connectivity index (χ3n) is 3.87. The van der Waals surface area contributed by atoms with Crippen LogP contribution < -0.4 is 10.1 Å². The van der Waals surface area contributed by atoms with E-state index in [0.717, 1.165) is 16.7 Å². The third kappa shape index (κ3) is 3.10. The number of rotatable bonds is 3. The van der Waals surface area contributed by atoms with Gasteiger partial charge in [0.25, 0.3) is 5.56 Å². The van der Waals surface area contributed by atoms with Crippen molar-refractivity contribution in [3.8, 4) is 11.4 Å². The molecule has 0 amide bonds. The molecule has 124 valence electrons. The molecule has 25 heavy (non-hydrogen) atoms. The first-order valence-electron chi connectivity index (χ1n) is 7.76. The summed E-state index contributed by atoms with van der Waals surface area (Å²) < 4.78 is 2.03. The molecule has 0 aliphatic rings. The van der Waals surface area contributed by atoms with Crippen LogP contribution in [-0.4, -0.2) is 20.9 Å². The van der Waals surface area contributed by atoms with Gasteiger partial charge in [-0.25, -0.2) is 0 Å². The Morgan fingerprint density at radius 3 is 2.64 bits per heavy atom. The molecule has 0 unspecified atom stereocenters. The quantitative estimate of drug-likeness (QED) is 0.522. The Morgan fingerprint density at radius 1 is 1.16 bits per heavy atom. The molecule has 0 atom stereocenters. The zero-order valence-electron chi connectivity index (χ0n) is 13.8. The number of thiazole rings is 1. The lowest BCUT2D eigenvalue weighted by molar-refractivity contribution is 0.936. The Balaban J connectivity index is 1.77. The molecule has 0 aliphatic carbocycles. The zero-order chi connectivity index (χ0) is 17.4. The predicted octanol–water partition coefficient (Wildman–Crippen LogP) is 3.40. The summed E-state index contributed by atoms with van der Waals surface area (Å²) in [5, 5.41) is 4.39. The van der Waals surface area contributed by atoms with Crippen molar-refractivity contribution in [2.24, 2.45) is 0 Å². The number of fused-ring (bicyclic) bond motifs is 1. The third-order valence-corrected chi connectivity index (χ3v) is 5.57. The molecule has 6 heteroatoms. The van der Waals surface area contributed by atoms with Crippen LogP contribution in [0.3, 0.4) is 0 Å². The molecule has 0 aliphatic heterocycles. The van der Waals surface area contributed by atoms with Gasteiger partial charge in [0.1, 0.15) is 0 Å². The van der Waals surface area contributed by atoms with Gasteiger partial charge < -0.3 is 0 Å². The Kier molecular flexibility index (Phi) is 4.15. The fourth-order valence-electron chi connectivity index (χ4n) is 2.59. The highest BCUT2D eigenvalue weighted by Gasteiger charge is 2.11. The summed E-state index contributed by atoms with van der Waals surface area (Å²) in [7, 11) is 0. The standard InChI is InChI=1S/C19H15N3OS2/c1-12-4-3-5-14(10-12)17-20-19-22(21-17)18(23)16(25-19)11-13-6-8-15(24-2)9-7-13/h3-11H,1-2H3/b16-11-. The summed E-state index contributed by atoms with van der Waals surface area (Å²) >= 11 is 3.06. The van der Waals surface area contributed by atoms with E-state index in [9.17, 15) is 4.79 Å². The maximum absolute atomic E-state index is 12.6. The number of nitrogens with zero attached hydrogens (tertiary/aromatic N) is 3. The Bertz CT molecular complexity index is 1160. The van der Waals surface area contributed by atoms with Crippen LogP contribution in [0.2, 0.25) is 0 Å². The molecule has 0 N–H and O–H groups in total. The van der Waals surface area contributed by atoms with E-state index in [-0.39, 0.29) is 5.56 Å². The molecule has 0 fully saturated rings. The van der Waals surface area contributed by atoms with Gasteiger partial charge in [0.2, 0.25) is 4.96 Å². The summed E-state index contributed by atoms with van der Waals surface area (Å²) in [6.07, 6.45) is 3.93. The van der Waals surface area contributed by atoms with Crippen molar-refractivity contribution in [2.75, 3.05) is 6.26 Å². The van der Waals surface area contributed by atoms with Crippen LogP contribution in [0.25, 0.3) is 22.4 Å². The highest BCUT2D eigenvalue weighted by Crippen LogP contribution is 2.18. The normalized spacial score (nSPS) is 12.2. The Morgan fingerprint density at radius 2 is 1.96 bits per heavy atom. The fraction of sp³-hybridized carbons (Fsp3) is 0.105. The van der Waals surface area contributed by atoms with Crippen LogP contribution >= 0.6 is 23.1 Å². The lowest BCUT2D eigenvalue weighted by Crippen LogP contribution is -2.23. The van der Waals surface area contributed by atoms with Crippen molar-refractivity contribution in [3.63, 3.8) is 0 Å². The summed E-state index contributed by atoms with van der Waals surface area (Å²) in [5.74, 6) is 0.586. The van der Waals surface area contributed by atoms with Crippen molar-refractivity contribution in [3.05, 3.63) is 74.5 Å². The van der Waals surface area contributed by atoms with E-state index in [1.807, 2.05) is 67.8 Å².